The lowest BCUT2D eigenvalue weighted by Crippen LogP contribution is -2.37. The molecule has 1 aliphatic rings. The van der Waals surface area contributed by atoms with Gasteiger partial charge in [-0.05, 0) is 26.4 Å². The lowest BCUT2D eigenvalue weighted by atomic mass is 10.2. The van der Waals surface area contributed by atoms with E-state index in [9.17, 15) is 0 Å². The molecular weight excluding hydrogens is 278 g/mol. The first kappa shape index (κ1) is 15.2. The molecule has 1 aliphatic heterocycles. The molecule has 5 heteroatoms. The fourth-order valence-electron chi connectivity index (χ4n) is 2.89. The van der Waals surface area contributed by atoms with Gasteiger partial charge in [0.05, 0.1) is 17.6 Å². The second-order valence-electron chi connectivity index (χ2n) is 5.15. The number of likely N-dealkylation sites (N-methyl/N-ethyl adjacent to an activating group) is 1. The zero-order chi connectivity index (χ0) is 13.8. The van der Waals surface area contributed by atoms with Crippen LogP contribution in [0, 0.1) is 0 Å². The van der Waals surface area contributed by atoms with Crippen LogP contribution in [0.3, 0.4) is 0 Å². The first-order valence-corrected chi connectivity index (χ1v) is 8.59. The average molecular weight is 302 g/mol. The Kier molecular flexibility index (Phi) is 5.63. The summed E-state index contributed by atoms with van der Waals surface area (Å²) in [6, 6.07) is 1.13. The monoisotopic (exact) mass is 301 g/mol. The molecule has 19 heavy (non-hydrogen) atoms. The highest BCUT2D eigenvalue weighted by Gasteiger charge is 2.30. The Morgan fingerprint density at radius 1 is 1.53 bits per heavy atom. The molecule has 0 N–H and O–H groups in total. The van der Waals surface area contributed by atoms with Crippen molar-refractivity contribution in [2.75, 3.05) is 26.2 Å². The maximum Gasteiger partial charge on any atom is 0.110 e. The molecule has 0 radical (unpaired) electrons. The zero-order valence-corrected chi connectivity index (χ0v) is 13.7. The lowest BCUT2D eigenvalue weighted by molar-refractivity contribution is 0.193. The highest BCUT2D eigenvalue weighted by Crippen LogP contribution is 2.28. The van der Waals surface area contributed by atoms with Crippen molar-refractivity contribution >= 4 is 22.9 Å². The summed E-state index contributed by atoms with van der Waals surface area (Å²) in [4.78, 5) is 9.74. The lowest BCUT2D eigenvalue weighted by Gasteiger charge is -2.27. The maximum atomic E-state index is 5.83. The number of alkyl halides is 1. The number of halogens is 1. The van der Waals surface area contributed by atoms with Gasteiger partial charge in [0.2, 0.25) is 0 Å². The van der Waals surface area contributed by atoms with E-state index in [1.807, 2.05) is 0 Å². The fourth-order valence-corrected chi connectivity index (χ4v) is 4.03. The third-order valence-electron chi connectivity index (χ3n) is 4.14. The van der Waals surface area contributed by atoms with Crippen LogP contribution >= 0.6 is 22.9 Å². The van der Waals surface area contributed by atoms with E-state index in [-0.39, 0.29) is 0 Å². The highest BCUT2D eigenvalue weighted by atomic mass is 35.5. The smallest absolute Gasteiger partial charge is 0.110 e. The molecule has 1 fully saturated rings. The van der Waals surface area contributed by atoms with Crippen LogP contribution in [0.1, 0.15) is 43.9 Å². The van der Waals surface area contributed by atoms with Gasteiger partial charge >= 0.3 is 0 Å². The summed E-state index contributed by atoms with van der Waals surface area (Å²) in [7, 11) is 0. The van der Waals surface area contributed by atoms with Crippen molar-refractivity contribution in [3.63, 3.8) is 0 Å². The molecule has 1 aromatic heterocycles. The first-order chi connectivity index (χ1) is 9.19. The number of nitrogens with zero attached hydrogens (tertiary/aromatic N) is 3. The van der Waals surface area contributed by atoms with Crippen LogP contribution in [0.15, 0.2) is 5.38 Å². The standard InChI is InChI=1S/C14H24ClN3S/c1-4-17(5-2)13-6-7-18(9-13)11(3)14-16-12(8-15)10-19-14/h10-11,13H,4-9H2,1-3H3. The third-order valence-corrected chi connectivity index (χ3v) is 5.47. The van der Waals surface area contributed by atoms with Gasteiger partial charge in [-0.15, -0.1) is 22.9 Å². The molecule has 2 rings (SSSR count). The van der Waals surface area contributed by atoms with Crippen LogP contribution < -0.4 is 0 Å². The van der Waals surface area contributed by atoms with Crippen molar-refractivity contribution in [1.82, 2.24) is 14.8 Å². The summed E-state index contributed by atoms with van der Waals surface area (Å²) in [6.07, 6.45) is 1.28. The van der Waals surface area contributed by atoms with Crippen molar-refractivity contribution in [2.24, 2.45) is 0 Å². The second-order valence-corrected chi connectivity index (χ2v) is 6.30. The van der Waals surface area contributed by atoms with Crippen LogP contribution in [-0.2, 0) is 5.88 Å². The van der Waals surface area contributed by atoms with Gasteiger partial charge < -0.3 is 0 Å². The van der Waals surface area contributed by atoms with Gasteiger partial charge in [0.25, 0.3) is 0 Å². The minimum Gasteiger partial charge on any atom is -0.300 e. The Bertz CT molecular complexity index is 392. The number of hydrogen-bond acceptors (Lipinski definition) is 4. The van der Waals surface area contributed by atoms with Gasteiger partial charge in [0, 0.05) is 24.5 Å². The zero-order valence-electron chi connectivity index (χ0n) is 12.1. The van der Waals surface area contributed by atoms with Crippen molar-refractivity contribution in [3.8, 4) is 0 Å². The molecule has 0 saturated carbocycles. The minimum atomic E-state index is 0.419. The Balaban J connectivity index is 1.96. The number of hydrogen-bond donors (Lipinski definition) is 0. The normalized spacial score (nSPS) is 22.3. The third kappa shape index (κ3) is 3.48. The van der Waals surface area contributed by atoms with Crippen molar-refractivity contribution in [3.05, 3.63) is 16.1 Å². The Hall–Kier alpha value is -0.160. The maximum absolute atomic E-state index is 5.83. The summed E-state index contributed by atoms with van der Waals surface area (Å²) in [6.45, 7) is 11.4. The average Bonchev–Trinajstić information content (AvgIpc) is 3.08. The van der Waals surface area contributed by atoms with E-state index >= 15 is 0 Å². The largest absolute Gasteiger partial charge is 0.300 e. The Labute approximate surface area is 125 Å². The van der Waals surface area contributed by atoms with E-state index in [0.717, 1.165) is 18.8 Å². The first-order valence-electron chi connectivity index (χ1n) is 7.17. The van der Waals surface area contributed by atoms with E-state index in [4.69, 9.17) is 11.6 Å². The topological polar surface area (TPSA) is 19.4 Å². The molecule has 1 aromatic rings. The predicted octanol–water partition coefficient (Wildman–Crippen LogP) is 3.36. The van der Waals surface area contributed by atoms with Crippen LogP contribution in [-0.4, -0.2) is 47.0 Å². The van der Waals surface area contributed by atoms with Crippen molar-refractivity contribution in [1.29, 1.82) is 0 Å². The van der Waals surface area contributed by atoms with Crippen LogP contribution in [0.2, 0.25) is 0 Å². The highest BCUT2D eigenvalue weighted by molar-refractivity contribution is 7.09. The molecule has 2 heterocycles. The summed E-state index contributed by atoms with van der Waals surface area (Å²) >= 11 is 7.57. The molecule has 0 amide bonds. The molecule has 2 unspecified atom stereocenters. The number of likely N-dealkylation sites (tertiary alicyclic amines) is 1. The van der Waals surface area contributed by atoms with Gasteiger partial charge in [0.15, 0.2) is 0 Å². The van der Waals surface area contributed by atoms with Crippen molar-refractivity contribution < 1.29 is 0 Å². The Morgan fingerprint density at radius 3 is 2.84 bits per heavy atom. The van der Waals surface area contributed by atoms with Gasteiger partial charge in [-0.1, -0.05) is 13.8 Å². The van der Waals surface area contributed by atoms with Gasteiger partial charge in [-0.3, -0.25) is 9.80 Å². The van der Waals surface area contributed by atoms with E-state index in [1.165, 1.54) is 24.5 Å². The fraction of sp³-hybridized carbons (Fsp3) is 0.786. The second kappa shape index (κ2) is 7.02. The van der Waals surface area contributed by atoms with Crippen LogP contribution in [0.25, 0.3) is 0 Å². The molecule has 3 nitrogen and oxygen atoms in total. The molecule has 0 aliphatic carbocycles. The van der Waals surface area contributed by atoms with Gasteiger partial charge in [0.1, 0.15) is 5.01 Å². The molecular formula is C14H24ClN3S. The molecule has 108 valence electrons. The molecule has 1 saturated heterocycles. The Morgan fingerprint density at radius 2 is 2.26 bits per heavy atom. The molecule has 0 aromatic carbocycles. The van der Waals surface area contributed by atoms with E-state index in [1.54, 1.807) is 11.3 Å². The van der Waals surface area contributed by atoms with Crippen LogP contribution in [0.4, 0.5) is 0 Å². The number of rotatable bonds is 6. The van der Waals surface area contributed by atoms with Crippen molar-refractivity contribution in [2.45, 2.75) is 45.2 Å². The number of thiazole rings is 1. The molecule has 0 bridgehead atoms. The predicted molar refractivity (Wildman–Crippen MR) is 83.0 cm³/mol. The molecule has 2 atom stereocenters. The summed E-state index contributed by atoms with van der Waals surface area (Å²) in [5.41, 5.74) is 1.01. The summed E-state index contributed by atoms with van der Waals surface area (Å²) in [5.74, 6) is 0.519. The molecule has 0 spiro atoms. The number of aromatic nitrogens is 1. The van der Waals surface area contributed by atoms with E-state index in [0.29, 0.717) is 18.0 Å². The van der Waals surface area contributed by atoms with E-state index < -0.39 is 0 Å². The summed E-state index contributed by atoms with van der Waals surface area (Å²) < 4.78 is 0. The van der Waals surface area contributed by atoms with E-state index in [2.05, 4.69) is 40.9 Å². The van der Waals surface area contributed by atoms with Crippen LogP contribution in [0.5, 0.6) is 0 Å². The quantitative estimate of drug-likeness (QED) is 0.751. The van der Waals surface area contributed by atoms with Gasteiger partial charge in [-0.25, -0.2) is 4.98 Å². The summed E-state index contributed by atoms with van der Waals surface area (Å²) in [5, 5.41) is 3.28. The van der Waals surface area contributed by atoms with Gasteiger partial charge in [-0.2, -0.15) is 0 Å². The minimum absolute atomic E-state index is 0.419. The SMILES string of the molecule is CCN(CC)C1CCN(C(C)c2nc(CCl)cs2)C1.